The van der Waals surface area contributed by atoms with E-state index in [9.17, 15) is 13.6 Å². The molecule has 27 heavy (non-hydrogen) atoms. The molecule has 1 amide bonds. The van der Waals surface area contributed by atoms with Crippen LogP contribution in [0, 0.1) is 11.6 Å². The number of halogens is 2. The zero-order valence-corrected chi connectivity index (χ0v) is 15.3. The van der Waals surface area contributed by atoms with Crippen LogP contribution in [0.5, 0.6) is 0 Å². The van der Waals surface area contributed by atoms with Gasteiger partial charge in [0.2, 0.25) is 0 Å². The second-order valence-corrected chi connectivity index (χ2v) is 7.70. The Morgan fingerprint density at radius 3 is 2.30 bits per heavy atom. The van der Waals surface area contributed by atoms with Gasteiger partial charge in [-0.2, -0.15) is 0 Å². The maximum absolute atomic E-state index is 13.9. The fraction of sp³-hybridized carbons (Fsp3) is 0.611. The Balaban J connectivity index is 1.59. The summed E-state index contributed by atoms with van der Waals surface area (Å²) in [7, 11) is 0. The minimum Gasteiger partial charge on any atom is -0.342 e. The summed E-state index contributed by atoms with van der Waals surface area (Å²) in [6.45, 7) is 6.90. The van der Waals surface area contributed by atoms with E-state index in [0.29, 0.717) is 6.07 Å². The number of anilines is 1. The predicted molar refractivity (Wildman–Crippen MR) is 87.5 cm³/mol. The van der Waals surface area contributed by atoms with E-state index in [4.69, 9.17) is 23.7 Å². The van der Waals surface area contributed by atoms with Gasteiger partial charge in [-0.15, -0.1) is 0 Å². The average Bonchev–Trinajstić information content (AvgIpc) is 3.03. The summed E-state index contributed by atoms with van der Waals surface area (Å²) in [4.78, 5) is 12.8. The number of hydrogen-bond acceptors (Lipinski definition) is 6. The van der Waals surface area contributed by atoms with Gasteiger partial charge in [-0.3, -0.25) is 4.79 Å². The number of nitrogens with one attached hydrogen (secondary N) is 1. The van der Waals surface area contributed by atoms with Gasteiger partial charge in [-0.25, -0.2) is 8.78 Å². The number of fused-ring (bicyclic) bond motifs is 3. The normalized spacial score (nSPS) is 36.1. The van der Waals surface area contributed by atoms with Gasteiger partial charge in [0, 0.05) is 6.07 Å². The van der Waals surface area contributed by atoms with Gasteiger partial charge in [0.15, 0.2) is 24.0 Å². The second-order valence-electron chi connectivity index (χ2n) is 7.70. The van der Waals surface area contributed by atoms with E-state index in [-0.39, 0.29) is 5.69 Å². The molecule has 3 fully saturated rings. The van der Waals surface area contributed by atoms with E-state index in [1.165, 1.54) is 0 Å². The molecule has 148 valence electrons. The SMILES string of the molecule is CC1(C)O[C@H]2[C@@H](O1)[C@H](C(=O)Nc1ccc(F)cc1F)O[C@H]1OC(C)(C)O[C@@H]12. The number of amides is 1. The van der Waals surface area contributed by atoms with Crippen LogP contribution in [0.1, 0.15) is 27.7 Å². The van der Waals surface area contributed by atoms with Crippen molar-refractivity contribution in [2.75, 3.05) is 5.32 Å². The molecular weight excluding hydrogens is 364 g/mol. The lowest BCUT2D eigenvalue weighted by Crippen LogP contribution is -2.58. The Morgan fingerprint density at radius 2 is 1.59 bits per heavy atom. The molecule has 0 aromatic heterocycles. The third kappa shape index (κ3) is 3.45. The summed E-state index contributed by atoms with van der Waals surface area (Å²) in [5.74, 6) is -4.15. The maximum Gasteiger partial charge on any atom is 0.256 e. The summed E-state index contributed by atoms with van der Waals surface area (Å²) in [6, 6.07) is 2.87. The number of carbonyl (C=O) groups is 1. The van der Waals surface area contributed by atoms with Gasteiger partial charge < -0.3 is 29.0 Å². The highest BCUT2D eigenvalue weighted by molar-refractivity contribution is 5.95. The van der Waals surface area contributed by atoms with E-state index >= 15 is 0 Å². The lowest BCUT2D eigenvalue weighted by Gasteiger charge is -2.36. The summed E-state index contributed by atoms with van der Waals surface area (Å²) >= 11 is 0. The van der Waals surface area contributed by atoms with E-state index in [2.05, 4.69) is 5.32 Å². The molecule has 7 nitrogen and oxygen atoms in total. The molecule has 3 aliphatic rings. The molecule has 4 rings (SSSR count). The molecule has 1 aromatic carbocycles. The number of ether oxygens (including phenoxy) is 5. The van der Waals surface area contributed by atoms with E-state index < -0.39 is 59.8 Å². The topological polar surface area (TPSA) is 75.3 Å². The van der Waals surface area contributed by atoms with Crippen LogP contribution in [-0.4, -0.2) is 48.2 Å². The Kier molecular flexibility index (Phi) is 4.28. The third-order valence-corrected chi connectivity index (χ3v) is 4.60. The molecule has 1 aromatic rings. The van der Waals surface area contributed by atoms with Crippen molar-refractivity contribution in [3.63, 3.8) is 0 Å². The van der Waals surface area contributed by atoms with Crippen LogP contribution in [0.15, 0.2) is 18.2 Å². The van der Waals surface area contributed by atoms with Crippen LogP contribution in [0.2, 0.25) is 0 Å². The van der Waals surface area contributed by atoms with Crippen molar-refractivity contribution in [2.45, 2.75) is 70.0 Å². The first-order chi connectivity index (χ1) is 12.5. The van der Waals surface area contributed by atoms with E-state index in [1.54, 1.807) is 27.7 Å². The van der Waals surface area contributed by atoms with Crippen LogP contribution < -0.4 is 5.32 Å². The first-order valence-corrected chi connectivity index (χ1v) is 8.67. The van der Waals surface area contributed by atoms with Crippen LogP contribution in [0.25, 0.3) is 0 Å². The van der Waals surface area contributed by atoms with Crippen molar-refractivity contribution in [2.24, 2.45) is 0 Å². The van der Waals surface area contributed by atoms with Crippen LogP contribution in [0.4, 0.5) is 14.5 Å². The van der Waals surface area contributed by atoms with Crippen LogP contribution in [0.3, 0.4) is 0 Å². The van der Waals surface area contributed by atoms with Crippen LogP contribution >= 0.6 is 0 Å². The van der Waals surface area contributed by atoms with Crippen molar-refractivity contribution in [3.05, 3.63) is 29.8 Å². The number of carbonyl (C=O) groups excluding carboxylic acids is 1. The highest BCUT2D eigenvalue weighted by Crippen LogP contribution is 2.44. The highest BCUT2D eigenvalue weighted by Gasteiger charge is 2.62. The van der Waals surface area contributed by atoms with Gasteiger partial charge in [-0.05, 0) is 39.8 Å². The molecule has 5 atom stereocenters. The Bertz CT molecular complexity index is 770. The standard InChI is InChI=1S/C18H21F2NO6/c1-17(2)24-11-12(25-17)14-16(27-18(3,4)26-14)23-13(11)15(22)21-10-6-5-8(19)7-9(10)20/h5-7,11-14,16H,1-4H3,(H,21,22)/t11-,12+,13-,14-,16+/m1/s1. The molecule has 3 heterocycles. The average molecular weight is 385 g/mol. The van der Waals surface area contributed by atoms with E-state index in [1.807, 2.05) is 0 Å². The fourth-order valence-electron chi connectivity index (χ4n) is 3.62. The van der Waals surface area contributed by atoms with Crippen molar-refractivity contribution < 1.29 is 37.3 Å². The fourth-order valence-corrected chi connectivity index (χ4v) is 3.62. The highest BCUT2D eigenvalue weighted by atomic mass is 19.1. The number of rotatable bonds is 2. The molecule has 0 bridgehead atoms. The largest absolute Gasteiger partial charge is 0.342 e. The van der Waals surface area contributed by atoms with Crippen molar-refractivity contribution in [1.82, 2.24) is 0 Å². The molecule has 0 aliphatic carbocycles. The predicted octanol–water partition coefficient (Wildman–Crippen LogP) is 2.30. The zero-order valence-electron chi connectivity index (χ0n) is 15.3. The molecule has 3 aliphatic heterocycles. The first-order valence-electron chi connectivity index (χ1n) is 8.67. The van der Waals surface area contributed by atoms with Crippen molar-refractivity contribution in [3.8, 4) is 0 Å². The van der Waals surface area contributed by atoms with Crippen LogP contribution in [-0.2, 0) is 28.5 Å². The molecule has 1 N–H and O–H groups in total. The Morgan fingerprint density at radius 1 is 0.963 bits per heavy atom. The lowest BCUT2D eigenvalue weighted by atomic mass is 9.98. The zero-order chi connectivity index (χ0) is 19.6. The third-order valence-electron chi connectivity index (χ3n) is 4.60. The van der Waals surface area contributed by atoms with Crippen molar-refractivity contribution >= 4 is 11.6 Å². The maximum atomic E-state index is 13.9. The second kappa shape index (κ2) is 6.18. The first kappa shape index (κ1) is 18.7. The molecule has 0 unspecified atom stereocenters. The van der Waals surface area contributed by atoms with Crippen molar-refractivity contribution in [1.29, 1.82) is 0 Å². The smallest absolute Gasteiger partial charge is 0.256 e. The minimum atomic E-state index is -1.13. The van der Waals surface area contributed by atoms with Gasteiger partial charge >= 0.3 is 0 Å². The monoisotopic (exact) mass is 385 g/mol. The van der Waals surface area contributed by atoms with Gasteiger partial charge in [0.05, 0.1) is 5.69 Å². The summed E-state index contributed by atoms with van der Waals surface area (Å²) in [6.07, 6.45) is -3.91. The molecule has 0 radical (unpaired) electrons. The number of benzene rings is 1. The molecule has 3 saturated heterocycles. The van der Waals surface area contributed by atoms with Gasteiger partial charge in [0.25, 0.3) is 5.91 Å². The Hall–Kier alpha value is -1.65. The summed E-state index contributed by atoms with van der Waals surface area (Å²) < 4.78 is 56.1. The number of hydrogen-bond donors (Lipinski definition) is 1. The summed E-state index contributed by atoms with van der Waals surface area (Å²) in [5, 5.41) is 2.41. The molecule has 9 heteroatoms. The molecule has 0 spiro atoms. The molecule has 0 saturated carbocycles. The lowest BCUT2D eigenvalue weighted by molar-refractivity contribution is -0.229. The van der Waals surface area contributed by atoms with Gasteiger partial charge in [-0.1, -0.05) is 0 Å². The van der Waals surface area contributed by atoms with Gasteiger partial charge in [0.1, 0.15) is 29.9 Å². The minimum absolute atomic E-state index is 0.161. The summed E-state index contributed by atoms with van der Waals surface area (Å²) in [5.41, 5.74) is -0.161. The molecular formula is C18H21F2NO6. The Labute approximate surface area is 154 Å². The quantitative estimate of drug-likeness (QED) is 0.842. The van der Waals surface area contributed by atoms with E-state index in [0.717, 1.165) is 12.1 Å².